The molecule has 9 heteroatoms. The summed E-state index contributed by atoms with van der Waals surface area (Å²) in [5.74, 6) is 0. The fourth-order valence-electron chi connectivity index (χ4n) is 19.4. The third kappa shape index (κ3) is 11.6. The third-order valence-corrected chi connectivity index (χ3v) is 24.1. The van der Waals surface area contributed by atoms with Crippen LogP contribution in [-0.4, -0.2) is 20.1 Å². The van der Waals surface area contributed by atoms with Crippen LogP contribution < -0.4 is 78.6 Å². The Labute approximate surface area is 684 Å². The van der Waals surface area contributed by atoms with Gasteiger partial charge in [-0.1, -0.05) is 290 Å². The van der Waals surface area contributed by atoms with Crippen molar-refractivity contribution >= 4 is 172 Å². The van der Waals surface area contributed by atoms with Crippen molar-refractivity contribution in [3.63, 3.8) is 0 Å². The molecule has 6 aliphatic rings. The number of hydrogen-bond acceptors (Lipinski definition) is 6. The van der Waals surface area contributed by atoms with Gasteiger partial charge in [0.2, 0.25) is 13.4 Å². The molecule has 6 nitrogen and oxygen atoms in total. The van der Waals surface area contributed by atoms with Crippen molar-refractivity contribution in [3.8, 4) is 33.4 Å². The van der Waals surface area contributed by atoms with E-state index >= 15 is 0 Å². The molecule has 0 aromatic heterocycles. The lowest BCUT2D eigenvalue weighted by molar-refractivity contribution is 1.29. The van der Waals surface area contributed by atoms with Gasteiger partial charge in [0.1, 0.15) is 0 Å². The Morgan fingerprint density at radius 3 is 0.838 bits per heavy atom. The molecule has 0 N–H and O–H groups in total. The lowest BCUT2D eigenvalue weighted by Gasteiger charge is -2.36. The maximum atomic E-state index is 2.43. The Balaban J connectivity index is 0.000000106. The second kappa shape index (κ2) is 29.2. The predicted octanol–water partition coefficient (Wildman–Crippen LogP) is 22.3. The lowest BCUT2D eigenvalue weighted by atomic mass is 9.36. The average Bonchev–Trinajstić information content (AvgIpc) is 1.57. The summed E-state index contributed by atoms with van der Waals surface area (Å²) in [7, 11) is 0. The van der Waals surface area contributed by atoms with Gasteiger partial charge in [0.05, 0.1) is 0 Å². The van der Waals surface area contributed by atoms with Gasteiger partial charge in [0.15, 0.2) is 0 Å². The lowest BCUT2D eigenvalue weighted by Crippen LogP contribution is -2.55. The summed E-state index contributed by atoms with van der Waals surface area (Å²) in [5.41, 5.74) is 41.9. The molecule has 0 unspecified atom stereocenters. The topological polar surface area (TPSA) is 19.4 Å². The molecular formula is C108H75B3N6. The zero-order valence-electron chi connectivity index (χ0n) is 64.2. The minimum Gasteiger partial charge on any atom is -0.312 e. The van der Waals surface area contributed by atoms with Crippen molar-refractivity contribution in [2.45, 2.75) is 0 Å². The fraction of sp³-hybridized carbons (Fsp3) is 0. The van der Waals surface area contributed by atoms with Crippen molar-refractivity contribution in [2.75, 3.05) is 29.4 Å². The van der Waals surface area contributed by atoms with Crippen molar-refractivity contribution in [2.24, 2.45) is 0 Å². The van der Waals surface area contributed by atoms with Crippen molar-refractivity contribution in [3.05, 3.63) is 455 Å². The van der Waals surface area contributed by atoms with Crippen LogP contribution in [-0.2, 0) is 0 Å². The van der Waals surface area contributed by atoms with E-state index in [4.69, 9.17) is 0 Å². The van der Waals surface area contributed by atoms with Crippen molar-refractivity contribution in [1.29, 1.82) is 0 Å². The molecule has 0 amide bonds. The maximum Gasteiger partial charge on any atom is 0.251 e. The molecular weight excluding hydrogens is 1410 g/mol. The number of para-hydroxylation sites is 12. The first-order valence-corrected chi connectivity index (χ1v) is 40.5. The highest BCUT2D eigenvalue weighted by molar-refractivity contribution is 7.03. The van der Waals surface area contributed by atoms with Gasteiger partial charge < -0.3 is 29.4 Å². The first-order valence-electron chi connectivity index (χ1n) is 40.5. The Morgan fingerprint density at radius 2 is 0.436 bits per heavy atom. The van der Waals surface area contributed by atoms with Gasteiger partial charge in [0.25, 0.3) is 6.71 Å². The van der Waals surface area contributed by atoms with Crippen molar-refractivity contribution < 1.29 is 0 Å². The normalized spacial score (nSPS) is 12.5. The van der Waals surface area contributed by atoms with Crippen LogP contribution in [0.15, 0.2) is 455 Å². The first kappa shape index (κ1) is 68.7. The number of benzene rings is 18. The molecule has 0 spiro atoms. The smallest absolute Gasteiger partial charge is 0.251 e. The highest BCUT2D eigenvalue weighted by atomic mass is 15.2. The van der Waals surface area contributed by atoms with Crippen LogP contribution >= 0.6 is 0 Å². The van der Waals surface area contributed by atoms with Gasteiger partial charge in [-0.3, -0.25) is 0 Å². The number of hydrogen-bond donors (Lipinski definition) is 0. The number of nitrogens with zero attached hydrogens (tertiary/aromatic N) is 6. The van der Waals surface area contributed by atoms with Gasteiger partial charge in [-0.15, -0.1) is 0 Å². The van der Waals surface area contributed by atoms with E-state index in [-0.39, 0.29) is 20.1 Å². The summed E-state index contributed by atoms with van der Waals surface area (Å²) in [4.78, 5) is 14.4. The first-order chi connectivity index (χ1) is 58.2. The summed E-state index contributed by atoms with van der Waals surface area (Å²) < 4.78 is 0. The highest BCUT2D eigenvalue weighted by Gasteiger charge is 2.47. The standard InChI is InChI=1S/3C36H25BN2/c1-4-14-26(15-5-1)38(27-16-6-2-7-17-27)33-24-12-20-29-30-21-13-25-34-36(30)37(35(29)33)31-22-10-11-23-32(31)39(34)28-18-8-3-9-19-28;1-4-13-26(14-5-1)38(27-15-6-2-7-16-27)29-23-24-30-31-19-12-22-35-36(31)37(33(30)25-29)32-20-10-11-21-34(32)39(35)28-17-8-3-9-18-28;1-4-13-26(14-5-1)38(27-15-6-2-7-16-27)29-23-24-32-31(25-29)30-19-12-22-35-36(30)37(32)33-20-10-11-21-34(33)39(35)28-17-8-3-9-18-28/h3*1-25H. The zero-order chi connectivity index (χ0) is 77.3. The molecule has 6 aliphatic heterocycles. The molecule has 0 fully saturated rings. The molecule has 0 saturated heterocycles. The van der Waals surface area contributed by atoms with Gasteiger partial charge in [-0.2, -0.15) is 0 Å². The molecule has 0 radical (unpaired) electrons. The highest BCUT2D eigenvalue weighted by Crippen LogP contribution is 2.48. The van der Waals surface area contributed by atoms with E-state index in [2.05, 4.69) is 484 Å². The van der Waals surface area contributed by atoms with Crippen LogP contribution in [0.4, 0.5) is 102 Å². The summed E-state index contributed by atoms with van der Waals surface area (Å²) in [6.45, 7) is 0.558. The van der Waals surface area contributed by atoms with Crippen LogP contribution in [0.2, 0.25) is 0 Å². The molecule has 18 aromatic rings. The summed E-state index contributed by atoms with van der Waals surface area (Å²) in [5, 5.41) is 0. The molecule has 0 saturated carbocycles. The Morgan fingerprint density at radius 1 is 0.154 bits per heavy atom. The van der Waals surface area contributed by atoms with Crippen LogP contribution in [0.1, 0.15) is 0 Å². The molecule has 0 aliphatic carbocycles. The summed E-state index contributed by atoms with van der Waals surface area (Å²) in [6.07, 6.45) is 0. The van der Waals surface area contributed by atoms with Crippen molar-refractivity contribution in [1.82, 2.24) is 0 Å². The minimum absolute atomic E-state index is 0.147. The van der Waals surface area contributed by atoms with E-state index in [9.17, 15) is 0 Å². The quantitative estimate of drug-likeness (QED) is 0.113. The van der Waals surface area contributed by atoms with Gasteiger partial charge in [-0.25, -0.2) is 0 Å². The fourth-order valence-corrected chi connectivity index (χ4v) is 19.4. The van der Waals surface area contributed by atoms with E-state index in [1.165, 1.54) is 145 Å². The van der Waals surface area contributed by atoms with Crippen LogP contribution in [0.3, 0.4) is 0 Å². The zero-order valence-corrected chi connectivity index (χ0v) is 64.2. The van der Waals surface area contributed by atoms with Gasteiger partial charge in [-0.05, 0) is 248 Å². The molecule has 18 aromatic carbocycles. The van der Waals surface area contributed by atoms with Gasteiger partial charge in [0, 0.05) is 102 Å². The third-order valence-electron chi connectivity index (χ3n) is 24.1. The Bertz CT molecular complexity index is 6610. The van der Waals surface area contributed by atoms with E-state index in [1.807, 2.05) is 0 Å². The summed E-state index contributed by atoms with van der Waals surface area (Å²) >= 11 is 0. The van der Waals surface area contributed by atoms with Crippen LogP contribution in [0, 0.1) is 0 Å². The molecule has 6 heterocycles. The molecule has 0 atom stereocenters. The SMILES string of the molecule is c1ccc(N(c2ccccc2)c2ccc3c(c2)-c2cccc4c2B3c2ccccc2N4c2ccccc2)cc1.c1ccc(N(c2ccccc2)c2ccc3c(c2)B2c4ccccc4N(c4ccccc4)c4cccc-3c42)cc1.c1ccc(N(c2ccccc2)c2cccc3c2B2c4ccccc4N(c4ccccc4)c4cccc-3c42)cc1. The Kier molecular flexibility index (Phi) is 17.1. The summed E-state index contributed by atoms with van der Waals surface area (Å²) in [6, 6.07) is 164. The molecule has 24 rings (SSSR count). The molecule has 117 heavy (non-hydrogen) atoms. The monoisotopic (exact) mass is 1490 g/mol. The van der Waals surface area contributed by atoms with E-state index in [0.29, 0.717) is 0 Å². The molecule has 546 valence electrons. The maximum absolute atomic E-state index is 2.43. The molecule has 0 bridgehead atoms. The van der Waals surface area contributed by atoms with E-state index < -0.39 is 0 Å². The van der Waals surface area contributed by atoms with Gasteiger partial charge >= 0.3 is 0 Å². The van der Waals surface area contributed by atoms with E-state index in [0.717, 1.165) is 39.8 Å². The second-order valence-electron chi connectivity index (χ2n) is 30.5. The minimum atomic E-state index is 0.147. The van der Waals surface area contributed by atoms with Crippen LogP contribution in [0.25, 0.3) is 33.4 Å². The number of anilines is 18. The second-order valence-corrected chi connectivity index (χ2v) is 30.5. The number of fused-ring (bicyclic) bond motifs is 15. The predicted molar refractivity (Wildman–Crippen MR) is 498 cm³/mol. The van der Waals surface area contributed by atoms with E-state index in [1.54, 1.807) is 0 Å². The Hall–Kier alpha value is -15.0. The van der Waals surface area contributed by atoms with Crippen LogP contribution in [0.5, 0.6) is 0 Å². The average molecular weight is 1490 g/mol. The largest absolute Gasteiger partial charge is 0.312 e. The number of rotatable bonds is 12.